The molecule has 182 valence electrons. The summed E-state index contributed by atoms with van der Waals surface area (Å²) >= 11 is 0. The first-order valence-electron chi connectivity index (χ1n) is 11.1. The van der Waals surface area contributed by atoms with Crippen LogP contribution < -0.4 is 11.1 Å². The number of halogens is 1. The normalized spacial score (nSPS) is 11.2. The highest BCUT2D eigenvalue weighted by Crippen LogP contribution is 2.15. The molecule has 0 aliphatic rings. The van der Waals surface area contributed by atoms with Crippen molar-refractivity contribution in [3.63, 3.8) is 0 Å². The van der Waals surface area contributed by atoms with E-state index in [0.29, 0.717) is 12.8 Å². The molecule has 10 heteroatoms. The van der Waals surface area contributed by atoms with Gasteiger partial charge in [0, 0.05) is 13.0 Å². The number of imide groups is 1. The fourth-order valence-electron chi connectivity index (χ4n) is 3.18. The first kappa shape index (κ1) is 31.2. The molecule has 0 fully saturated rings. The Bertz CT molecular complexity index is 534. The summed E-state index contributed by atoms with van der Waals surface area (Å²) in [5.41, 5.74) is 5.20. The maximum atomic E-state index is 12.6. The van der Waals surface area contributed by atoms with Gasteiger partial charge in [-0.25, -0.2) is 14.5 Å². The predicted octanol–water partition coefficient (Wildman–Crippen LogP) is 4.03. The third-order valence-corrected chi connectivity index (χ3v) is 4.79. The Morgan fingerprint density at radius 3 is 2.03 bits per heavy atom. The summed E-state index contributed by atoms with van der Waals surface area (Å²) in [5, 5.41) is 19.3. The van der Waals surface area contributed by atoms with Crippen LogP contribution in [0.15, 0.2) is 0 Å². The number of hydrogen-bond donors (Lipinski definition) is 4. The number of nitrogens with one attached hydrogen (secondary N) is 2. The van der Waals surface area contributed by atoms with Gasteiger partial charge in [-0.3, -0.25) is 10.2 Å². The van der Waals surface area contributed by atoms with Gasteiger partial charge in [-0.1, -0.05) is 58.3 Å². The summed E-state index contributed by atoms with van der Waals surface area (Å²) in [5.74, 6) is -2.00. The van der Waals surface area contributed by atoms with Crippen LogP contribution in [0.1, 0.15) is 90.9 Å². The molecule has 0 saturated carbocycles. The summed E-state index contributed by atoms with van der Waals surface area (Å²) < 4.78 is 4.93. The Kier molecular flexibility index (Phi) is 20.0. The Hall–Kier alpha value is -2.03. The first-order valence-corrected chi connectivity index (χ1v) is 11.1. The van der Waals surface area contributed by atoms with E-state index >= 15 is 0 Å². The van der Waals surface area contributed by atoms with Crippen LogP contribution in [0, 0.1) is 5.41 Å². The monoisotopic (exact) mass is 464 g/mol. The van der Waals surface area contributed by atoms with Gasteiger partial charge in [-0.15, -0.1) is 12.4 Å². The standard InChI is InChI=1S/C21H40N4O5.ClH/c1-3-5-6-7-8-9-10-11-12-15-18(26)25(21(29)30-4-2)17(19(27)28)14-13-16-24-20(22)23;/h17H,3-16H2,1-2H3,(H,27,28)(H4,22,23,24);1H/t17-;/m0./s1. The van der Waals surface area contributed by atoms with Gasteiger partial charge in [-0.2, -0.15) is 0 Å². The van der Waals surface area contributed by atoms with Crippen LogP contribution in [-0.2, 0) is 14.3 Å². The highest BCUT2D eigenvalue weighted by molar-refractivity contribution is 5.96. The van der Waals surface area contributed by atoms with Crippen molar-refractivity contribution >= 4 is 36.3 Å². The molecule has 0 aliphatic heterocycles. The zero-order valence-corrected chi connectivity index (χ0v) is 19.8. The van der Waals surface area contributed by atoms with Crippen molar-refractivity contribution in [2.45, 2.75) is 96.9 Å². The number of carbonyl (C=O) groups is 3. The Morgan fingerprint density at radius 1 is 1.00 bits per heavy atom. The van der Waals surface area contributed by atoms with Gasteiger partial charge in [0.05, 0.1) is 6.61 Å². The largest absolute Gasteiger partial charge is 0.480 e. The van der Waals surface area contributed by atoms with Crippen molar-refractivity contribution in [2.24, 2.45) is 5.73 Å². The van der Waals surface area contributed by atoms with E-state index in [4.69, 9.17) is 15.9 Å². The van der Waals surface area contributed by atoms with Gasteiger partial charge in [0.25, 0.3) is 0 Å². The van der Waals surface area contributed by atoms with Crippen LogP contribution in [0.3, 0.4) is 0 Å². The van der Waals surface area contributed by atoms with Gasteiger partial charge < -0.3 is 20.9 Å². The third-order valence-electron chi connectivity index (χ3n) is 4.79. The fraction of sp³-hybridized carbons (Fsp3) is 0.810. The summed E-state index contributed by atoms with van der Waals surface area (Å²) in [6.45, 7) is 4.13. The molecule has 0 heterocycles. The summed E-state index contributed by atoms with van der Waals surface area (Å²) in [6.07, 6.45) is 9.40. The molecule has 31 heavy (non-hydrogen) atoms. The Morgan fingerprint density at radius 2 is 1.55 bits per heavy atom. The van der Waals surface area contributed by atoms with E-state index in [9.17, 15) is 19.5 Å². The van der Waals surface area contributed by atoms with Gasteiger partial charge in [0.1, 0.15) is 6.04 Å². The van der Waals surface area contributed by atoms with E-state index in [1.54, 1.807) is 6.92 Å². The number of unbranched alkanes of at least 4 members (excludes halogenated alkanes) is 8. The lowest BCUT2D eigenvalue weighted by molar-refractivity contribution is -0.149. The highest BCUT2D eigenvalue weighted by atomic mass is 35.5. The second-order valence-corrected chi connectivity index (χ2v) is 7.38. The fourth-order valence-corrected chi connectivity index (χ4v) is 3.18. The second kappa shape index (κ2) is 19.9. The highest BCUT2D eigenvalue weighted by Gasteiger charge is 2.35. The number of carbonyl (C=O) groups excluding carboxylic acids is 2. The van der Waals surface area contributed by atoms with Crippen molar-refractivity contribution in [2.75, 3.05) is 13.2 Å². The Balaban J connectivity index is 0. The molecule has 5 N–H and O–H groups in total. The number of carboxylic acids is 1. The van der Waals surface area contributed by atoms with E-state index in [2.05, 4.69) is 12.2 Å². The number of aliphatic carboxylic acids is 1. The molecule has 0 aromatic carbocycles. The molecule has 0 rings (SSSR count). The molecule has 0 unspecified atom stereocenters. The molecule has 2 amide bonds. The zero-order valence-electron chi connectivity index (χ0n) is 19.0. The van der Waals surface area contributed by atoms with E-state index < -0.39 is 24.0 Å². The van der Waals surface area contributed by atoms with Gasteiger partial charge in [0.2, 0.25) is 5.91 Å². The average Bonchev–Trinajstić information content (AvgIpc) is 2.68. The number of nitrogens with zero attached hydrogens (tertiary/aromatic N) is 1. The average molecular weight is 465 g/mol. The van der Waals surface area contributed by atoms with Crippen LogP contribution >= 0.6 is 12.4 Å². The summed E-state index contributed by atoms with van der Waals surface area (Å²) in [7, 11) is 0. The molecular weight excluding hydrogens is 424 g/mol. The number of hydrogen-bond acceptors (Lipinski definition) is 5. The van der Waals surface area contributed by atoms with Crippen LogP contribution in [-0.4, -0.2) is 53.1 Å². The van der Waals surface area contributed by atoms with Gasteiger partial charge in [0.15, 0.2) is 5.96 Å². The zero-order chi connectivity index (χ0) is 22.8. The maximum Gasteiger partial charge on any atom is 0.417 e. The van der Waals surface area contributed by atoms with Gasteiger partial charge in [-0.05, 0) is 26.2 Å². The predicted molar refractivity (Wildman–Crippen MR) is 124 cm³/mol. The van der Waals surface area contributed by atoms with Crippen molar-refractivity contribution in [3.05, 3.63) is 0 Å². The summed E-state index contributed by atoms with van der Waals surface area (Å²) in [6, 6.07) is -1.30. The van der Waals surface area contributed by atoms with Crippen LogP contribution in [0.2, 0.25) is 0 Å². The van der Waals surface area contributed by atoms with Crippen LogP contribution in [0.5, 0.6) is 0 Å². The lowest BCUT2D eigenvalue weighted by Crippen LogP contribution is -2.49. The van der Waals surface area contributed by atoms with E-state index in [1.807, 2.05) is 0 Å². The molecule has 0 aliphatic carbocycles. The molecule has 0 bridgehead atoms. The second-order valence-electron chi connectivity index (χ2n) is 7.38. The minimum atomic E-state index is -1.30. The molecule has 0 saturated heterocycles. The van der Waals surface area contributed by atoms with Crippen LogP contribution in [0.4, 0.5) is 4.79 Å². The molecule has 0 spiro atoms. The van der Waals surface area contributed by atoms with E-state index in [-0.39, 0.29) is 44.4 Å². The molecule has 1 atom stereocenters. The molecule has 0 aromatic rings. The van der Waals surface area contributed by atoms with E-state index in [0.717, 1.165) is 24.2 Å². The number of ether oxygens (including phenoxy) is 1. The van der Waals surface area contributed by atoms with Crippen LogP contribution in [0.25, 0.3) is 0 Å². The smallest absolute Gasteiger partial charge is 0.417 e. The minimum Gasteiger partial charge on any atom is -0.480 e. The lowest BCUT2D eigenvalue weighted by atomic mass is 10.1. The lowest BCUT2D eigenvalue weighted by Gasteiger charge is -2.26. The van der Waals surface area contributed by atoms with Crippen molar-refractivity contribution in [1.29, 1.82) is 5.41 Å². The molecular formula is C21H41ClN4O5. The first-order chi connectivity index (χ1) is 14.3. The summed E-state index contributed by atoms with van der Waals surface area (Å²) in [4.78, 5) is 37.4. The van der Waals surface area contributed by atoms with Crippen molar-refractivity contribution in [3.8, 4) is 0 Å². The van der Waals surface area contributed by atoms with Gasteiger partial charge >= 0.3 is 12.1 Å². The van der Waals surface area contributed by atoms with E-state index in [1.165, 1.54) is 32.1 Å². The SMILES string of the molecule is CCCCCCCCCCCC(=O)N(C(=O)OCC)[C@@H](CCCNC(=N)N)C(=O)O.Cl. The number of rotatable bonds is 17. The molecule has 0 radical (unpaired) electrons. The number of carboxylic acid groups (broad SMARTS) is 1. The quantitative estimate of drug-likeness (QED) is 0.144. The third kappa shape index (κ3) is 15.4. The molecule has 0 aromatic heterocycles. The maximum absolute atomic E-state index is 12.6. The minimum absolute atomic E-state index is 0. The number of guanidine groups is 1. The molecule has 9 nitrogen and oxygen atoms in total. The number of nitrogens with two attached hydrogens (primary N) is 1. The Labute approximate surface area is 192 Å². The van der Waals surface area contributed by atoms with Crippen molar-refractivity contribution in [1.82, 2.24) is 10.2 Å². The van der Waals surface area contributed by atoms with Crippen molar-refractivity contribution < 1.29 is 24.2 Å². The topological polar surface area (TPSA) is 146 Å². The number of amides is 2.